The summed E-state index contributed by atoms with van der Waals surface area (Å²) >= 11 is 5.74. The van der Waals surface area contributed by atoms with E-state index in [1.54, 1.807) is 0 Å². The zero-order valence-corrected chi connectivity index (χ0v) is 7.88. The van der Waals surface area contributed by atoms with Crippen LogP contribution in [0.4, 0.5) is 0 Å². The van der Waals surface area contributed by atoms with Crippen molar-refractivity contribution >= 4 is 17.6 Å². The molecule has 0 saturated heterocycles. The number of aromatic nitrogens is 2. The first-order valence-electron chi connectivity index (χ1n) is 3.85. The molecule has 0 spiro atoms. The van der Waals surface area contributed by atoms with Crippen LogP contribution in [0.1, 0.15) is 18.3 Å². The predicted octanol–water partition coefficient (Wildman–Crippen LogP) is 1.32. The van der Waals surface area contributed by atoms with E-state index in [9.17, 15) is 4.79 Å². The predicted molar refractivity (Wildman–Crippen MR) is 47.8 cm³/mol. The highest BCUT2D eigenvalue weighted by atomic mass is 35.5. The quantitative estimate of drug-likeness (QED) is 0.748. The van der Waals surface area contributed by atoms with Crippen molar-refractivity contribution < 1.29 is 9.90 Å². The van der Waals surface area contributed by atoms with Gasteiger partial charge in [-0.05, 0) is 0 Å². The lowest BCUT2D eigenvalue weighted by Crippen LogP contribution is -2.04. The van der Waals surface area contributed by atoms with E-state index in [4.69, 9.17) is 16.7 Å². The summed E-state index contributed by atoms with van der Waals surface area (Å²) in [7, 11) is 0. The van der Waals surface area contributed by atoms with Crippen LogP contribution in [-0.2, 0) is 17.6 Å². The molecule has 0 amide bonds. The fraction of sp³-hybridized carbons (Fsp3) is 0.375. The Morgan fingerprint density at radius 3 is 2.85 bits per heavy atom. The van der Waals surface area contributed by atoms with Crippen molar-refractivity contribution in [1.29, 1.82) is 0 Å². The summed E-state index contributed by atoms with van der Waals surface area (Å²) in [6, 6.07) is 0. The highest BCUT2D eigenvalue weighted by molar-refractivity contribution is 6.30. The number of aliphatic carboxylic acids is 1. The van der Waals surface area contributed by atoms with E-state index < -0.39 is 5.97 Å². The van der Waals surface area contributed by atoms with Crippen molar-refractivity contribution in [2.75, 3.05) is 0 Å². The molecule has 1 aromatic rings. The molecule has 1 heterocycles. The van der Waals surface area contributed by atoms with Crippen LogP contribution in [0.5, 0.6) is 0 Å². The summed E-state index contributed by atoms with van der Waals surface area (Å²) in [6.07, 6.45) is 2.01. The number of hydrogen-bond acceptors (Lipinski definition) is 3. The lowest BCUT2D eigenvalue weighted by molar-refractivity contribution is -0.136. The van der Waals surface area contributed by atoms with E-state index in [0.717, 1.165) is 0 Å². The average molecular weight is 201 g/mol. The van der Waals surface area contributed by atoms with Crippen molar-refractivity contribution in [3.8, 4) is 0 Å². The second-order valence-corrected chi connectivity index (χ2v) is 2.88. The van der Waals surface area contributed by atoms with Gasteiger partial charge >= 0.3 is 5.97 Å². The molecule has 0 aliphatic carbocycles. The molecule has 0 aliphatic rings. The van der Waals surface area contributed by atoms with Gasteiger partial charge in [0.15, 0.2) is 0 Å². The fourth-order valence-corrected chi connectivity index (χ4v) is 1.08. The topological polar surface area (TPSA) is 63.1 Å². The Morgan fingerprint density at radius 1 is 1.69 bits per heavy atom. The normalized spacial score (nSPS) is 10.0. The van der Waals surface area contributed by atoms with Crippen LogP contribution in [0, 0.1) is 0 Å². The third kappa shape index (κ3) is 2.66. The largest absolute Gasteiger partial charge is 0.481 e. The first-order chi connectivity index (χ1) is 6.13. The third-order valence-corrected chi connectivity index (χ3v) is 1.85. The van der Waals surface area contributed by atoms with Gasteiger partial charge in [0, 0.05) is 18.2 Å². The maximum atomic E-state index is 10.4. The van der Waals surface area contributed by atoms with Crippen LogP contribution in [0.15, 0.2) is 6.20 Å². The maximum absolute atomic E-state index is 10.4. The first kappa shape index (κ1) is 9.92. The minimum Gasteiger partial charge on any atom is -0.481 e. The van der Waals surface area contributed by atoms with Crippen molar-refractivity contribution in [2.45, 2.75) is 19.8 Å². The Bertz CT molecular complexity index is 328. The van der Waals surface area contributed by atoms with E-state index in [-0.39, 0.29) is 11.6 Å². The molecule has 0 radical (unpaired) electrons. The van der Waals surface area contributed by atoms with Gasteiger partial charge in [-0.2, -0.15) is 0 Å². The molecule has 70 valence electrons. The zero-order valence-electron chi connectivity index (χ0n) is 7.12. The Labute approximate surface area is 80.6 Å². The number of aryl methyl sites for hydroxylation is 1. The molecule has 0 atom stereocenters. The number of halogens is 1. The van der Waals surface area contributed by atoms with E-state index in [1.165, 1.54) is 6.20 Å². The minimum atomic E-state index is -0.935. The molecule has 0 saturated carbocycles. The number of nitrogens with zero attached hydrogens (tertiary/aromatic N) is 2. The smallest absolute Gasteiger partial charge is 0.307 e. The van der Waals surface area contributed by atoms with E-state index >= 15 is 0 Å². The summed E-state index contributed by atoms with van der Waals surface area (Å²) < 4.78 is 0. The van der Waals surface area contributed by atoms with Crippen molar-refractivity contribution in [3.63, 3.8) is 0 Å². The number of carbonyl (C=O) groups is 1. The zero-order chi connectivity index (χ0) is 9.84. The van der Waals surface area contributed by atoms with Crippen LogP contribution in [0.25, 0.3) is 0 Å². The van der Waals surface area contributed by atoms with Gasteiger partial charge < -0.3 is 5.11 Å². The number of hydrogen-bond donors (Lipinski definition) is 1. The molecule has 1 aromatic heterocycles. The van der Waals surface area contributed by atoms with Crippen LogP contribution in [-0.4, -0.2) is 21.0 Å². The summed E-state index contributed by atoms with van der Waals surface area (Å²) in [5.74, 6) is -0.311. The minimum absolute atomic E-state index is 0.136. The van der Waals surface area contributed by atoms with Gasteiger partial charge in [-0.1, -0.05) is 18.5 Å². The molecule has 0 aliphatic heterocycles. The molecule has 4 nitrogen and oxygen atoms in total. The van der Waals surface area contributed by atoms with Gasteiger partial charge in [-0.25, -0.2) is 9.97 Å². The van der Waals surface area contributed by atoms with Crippen molar-refractivity contribution in [2.24, 2.45) is 0 Å². The Hall–Kier alpha value is -1.16. The van der Waals surface area contributed by atoms with Crippen molar-refractivity contribution in [3.05, 3.63) is 22.7 Å². The number of rotatable bonds is 3. The lowest BCUT2D eigenvalue weighted by Gasteiger charge is -2.00. The van der Waals surface area contributed by atoms with E-state index in [0.29, 0.717) is 17.8 Å². The summed E-state index contributed by atoms with van der Waals surface area (Å²) in [5, 5.41) is 8.73. The van der Waals surface area contributed by atoms with Gasteiger partial charge in [0.2, 0.25) is 0 Å². The van der Waals surface area contributed by atoms with Gasteiger partial charge in [0.1, 0.15) is 11.0 Å². The molecule has 1 N–H and O–H groups in total. The molecule has 1 rings (SSSR count). The average Bonchev–Trinajstić information content (AvgIpc) is 2.08. The highest BCUT2D eigenvalue weighted by Crippen LogP contribution is 2.12. The second kappa shape index (κ2) is 4.18. The number of carboxylic acid groups (broad SMARTS) is 1. The van der Waals surface area contributed by atoms with Crippen LogP contribution in [0.3, 0.4) is 0 Å². The van der Waals surface area contributed by atoms with E-state index in [2.05, 4.69) is 9.97 Å². The van der Waals surface area contributed by atoms with Gasteiger partial charge in [-0.15, -0.1) is 0 Å². The Balaban J connectivity index is 2.91. The van der Waals surface area contributed by atoms with Gasteiger partial charge in [0.25, 0.3) is 0 Å². The SMILES string of the molecule is CCc1ncc(CC(=O)O)c(Cl)n1. The summed E-state index contributed by atoms with van der Waals surface area (Å²) in [6.45, 7) is 1.91. The fourth-order valence-electron chi connectivity index (χ4n) is 0.872. The van der Waals surface area contributed by atoms with E-state index in [1.807, 2.05) is 6.92 Å². The standard InChI is InChI=1S/C8H9ClN2O2/c1-2-6-10-4-5(3-7(12)13)8(9)11-6/h4H,2-3H2,1H3,(H,12,13). The Kier molecular flexibility index (Phi) is 3.19. The molecule has 5 heteroatoms. The highest BCUT2D eigenvalue weighted by Gasteiger charge is 2.07. The monoisotopic (exact) mass is 200 g/mol. The first-order valence-corrected chi connectivity index (χ1v) is 4.23. The van der Waals surface area contributed by atoms with Gasteiger partial charge in [0.05, 0.1) is 6.42 Å². The van der Waals surface area contributed by atoms with Crippen LogP contribution in [0.2, 0.25) is 5.15 Å². The second-order valence-electron chi connectivity index (χ2n) is 2.53. The van der Waals surface area contributed by atoms with Crippen LogP contribution >= 0.6 is 11.6 Å². The molecular formula is C8H9ClN2O2. The molecule has 0 aromatic carbocycles. The van der Waals surface area contributed by atoms with Crippen molar-refractivity contribution in [1.82, 2.24) is 9.97 Å². The maximum Gasteiger partial charge on any atom is 0.307 e. The molecule has 0 bridgehead atoms. The molecule has 13 heavy (non-hydrogen) atoms. The molecule has 0 fully saturated rings. The van der Waals surface area contributed by atoms with Gasteiger partial charge in [-0.3, -0.25) is 4.79 Å². The summed E-state index contributed by atoms with van der Waals surface area (Å²) in [5.41, 5.74) is 0.450. The Morgan fingerprint density at radius 2 is 2.38 bits per heavy atom. The molecular weight excluding hydrogens is 192 g/mol. The number of carboxylic acids is 1. The van der Waals surface area contributed by atoms with Crippen LogP contribution < -0.4 is 0 Å². The third-order valence-electron chi connectivity index (χ3n) is 1.52. The molecule has 0 unspecified atom stereocenters. The lowest BCUT2D eigenvalue weighted by atomic mass is 10.2. The summed E-state index contributed by atoms with van der Waals surface area (Å²) in [4.78, 5) is 18.2.